The minimum absolute atomic E-state index is 0.0186. The van der Waals surface area contributed by atoms with Gasteiger partial charge in [0.2, 0.25) is 5.91 Å². The highest BCUT2D eigenvalue weighted by atomic mass is 16.2. The third-order valence-electron chi connectivity index (χ3n) is 4.81. The molecule has 5 heteroatoms. The van der Waals surface area contributed by atoms with Gasteiger partial charge in [-0.05, 0) is 11.6 Å². The molecule has 0 radical (unpaired) electrons. The van der Waals surface area contributed by atoms with E-state index in [0.717, 1.165) is 16.6 Å². The average Bonchev–Trinajstić information content (AvgIpc) is 3.20. The summed E-state index contributed by atoms with van der Waals surface area (Å²) in [5.74, 6) is 0.298. The van der Waals surface area contributed by atoms with E-state index in [1.54, 1.807) is 0 Å². The molecule has 24 heavy (non-hydrogen) atoms. The van der Waals surface area contributed by atoms with Crippen LogP contribution in [0.25, 0.3) is 10.9 Å². The fourth-order valence-corrected chi connectivity index (χ4v) is 3.50. The van der Waals surface area contributed by atoms with Crippen molar-refractivity contribution >= 4 is 16.8 Å². The van der Waals surface area contributed by atoms with Gasteiger partial charge in [-0.2, -0.15) is 5.10 Å². The Morgan fingerprint density at radius 3 is 2.71 bits per heavy atom. The number of aromatic amines is 1. The van der Waals surface area contributed by atoms with Crippen LogP contribution in [0.2, 0.25) is 0 Å². The summed E-state index contributed by atoms with van der Waals surface area (Å²) >= 11 is 0. The number of para-hydroxylation sites is 1. The standard InChI is InChI=1S/C19H20N4O/c20-16-12-23(11-15(16)13-6-2-1-3-7-13)19(24)10-18-14-8-4-5-9-17(14)21-22-18/h1-9,15-16H,10-12,20H2,(H,21,22)/t15-,16+/m0/s1. The number of nitrogens with zero attached hydrogens (tertiary/aromatic N) is 2. The molecule has 0 saturated carbocycles. The number of carbonyl (C=O) groups excluding carboxylic acids is 1. The normalized spacial score (nSPS) is 20.6. The summed E-state index contributed by atoms with van der Waals surface area (Å²) in [6.07, 6.45) is 0.328. The van der Waals surface area contributed by atoms with Gasteiger partial charge in [0.25, 0.3) is 0 Å². The van der Waals surface area contributed by atoms with Crippen LogP contribution in [0.5, 0.6) is 0 Å². The predicted octanol–water partition coefficient (Wildman–Crippen LogP) is 2.06. The summed E-state index contributed by atoms with van der Waals surface area (Å²) < 4.78 is 0. The maximum absolute atomic E-state index is 12.7. The van der Waals surface area contributed by atoms with Crippen molar-refractivity contribution < 1.29 is 4.79 Å². The first-order chi connectivity index (χ1) is 11.7. The van der Waals surface area contributed by atoms with E-state index in [9.17, 15) is 4.79 Å². The SMILES string of the molecule is N[C@@H]1CN(C(=O)Cc2[nH]nc3ccccc23)C[C@H]1c1ccccc1. The van der Waals surface area contributed by atoms with Gasteiger partial charge in [-0.25, -0.2) is 0 Å². The van der Waals surface area contributed by atoms with Crippen LogP contribution in [0.4, 0.5) is 0 Å². The number of fused-ring (bicyclic) bond motifs is 1. The summed E-state index contributed by atoms with van der Waals surface area (Å²) in [6, 6.07) is 18.0. The summed E-state index contributed by atoms with van der Waals surface area (Å²) in [5, 5.41) is 8.26. The van der Waals surface area contributed by atoms with Crippen LogP contribution in [-0.4, -0.2) is 40.1 Å². The first kappa shape index (κ1) is 14.9. The van der Waals surface area contributed by atoms with Crippen LogP contribution < -0.4 is 5.73 Å². The minimum Gasteiger partial charge on any atom is -0.340 e. The Bertz CT molecular complexity index is 858. The minimum atomic E-state index is -0.0186. The molecule has 0 unspecified atom stereocenters. The van der Waals surface area contributed by atoms with Crippen molar-refractivity contribution in [2.24, 2.45) is 5.73 Å². The van der Waals surface area contributed by atoms with Crippen molar-refractivity contribution in [1.82, 2.24) is 15.1 Å². The number of H-pyrrole nitrogens is 1. The fraction of sp³-hybridized carbons (Fsp3) is 0.263. The second kappa shape index (κ2) is 6.09. The number of likely N-dealkylation sites (tertiary alicyclic amines) is 1. The molecule has 0 spiro atoms. The number of hydrogen-bond acceptors (Lipinski definition) is 3. The van der Waals surface area contributed by atoms with Crippen LogP contribution in [-0.2, 0) is 11.2 Å². The zero-order chi connectivity index (χ0) is 16.5. The number of hydrogen-bond donors (Lipinski definition) is 2. The third kappa shape index (κ3) is 2.67. The highest BCUT2D eigenvalue weighted by molar-refractivity contribution is 5.87. The number of carbonyl (C=O) groups is 1. The fourth-order valence-electron chi connectivity index (χ4n) is 3.50. The lowest BCUT2D eigenvalue weighted by Gasteiger charge is -2.16. The number of amides is 1. The Labute approximate surface area is 140 Å². The Kier molecular flexibility index (Phi) is 3.78. The molecule has 1 fully saturated rings. The van der Waals surface area contributed by atoms with E-state index in [4.69, 9.17) is 5.73 Å². The molecule has 0 aliphatic carbocycles. The number of nitrogens with two attached hydrogens (primary N) is 1. The van der Waals surface area contributed by atoms with E-state index in [-0.39, 0.29) is 17.9 Å². The monoisotopic (exact) mass is 320 g/mol. The molecule has 0 bridgehead atoms. The summed E-state index contributed by atoms with van der Waals surface area (Å²) in [6.45, 7) is 1.28. The molecule has 1 saturated heterocycles. The van der Waals surface area contributed by atoms with Crippen molar-refractivity contribution in [2.75, 3.05) is 13.1 Å². The lowest BCUT2D eigenvalue weighted by molar-refractivity contribution is -0.129. The van der Waals surface area contributed by atoms with Crippen molar-refractivity contribution in [3.8, 4) is 0 Å². The van der Waals surface area contributed by atoms with Gasteiger partial charge in [-0.15, -0.1) is 0 Å². The van der Waals surface area contributed by atoms with E-state index in [0.29, 0.717) is 19.5 Å². The lowest BCUT2D eigenvalue weighted by Crippen LogP contribution is -2.33. The zero-order valence-electron chi connectivity index (χ0n) is 13.4. The molecule has 1 amide bonds. The van der Waals surface area contributed by atoms with E-state index in [1.165, 1.54) is 5.56 Å². The number of aromatic nitrogens is 2. The van der Waals surface area contributed by atoms with Gasteiger partial charge in [0.15, 0.2) is 0 Å². The van der Waals surface area contributed by atoms with Gasteiger partial charge in [-0.1, -0.05) is 48.5 Å². The summed E-state index contributed by atoms with van der Waals surface area (Å²) in [4.78, 5) is 14.6. The van der Waals surface area contributed by atoms with E-state index in [2.05, 4.69) is 22.3 Å². The van der Waals surface area contributed by atoms with Gasteiger partial charge in [0, 0.05) is 30.4 Å². The summed E-state index contributed by atoms with van der Waals surface area (Å²) in [5.41, 5.74) is 9.25. The molecule has 122 valence electrons. The number of benzene rings is 2. The van der Waals surface area contributed by atoms with Gasteiger partial charge in [-0.3, -0.25) is 9.89 Å². The topological polar surface area (TPSA) is 75.0 Å². The van der Waals surface area contributed by atoms with Crippen molar-refractivity contribution in [3.05, 3.63) is 65.9 Å². The van der Waals surface area contributed by atoms with E-state index >= 15 is 0 Å². The third-order valence-corrected chi connectivity index (χ3v) is 4.81. The lowest BCUT2D eigenvalue weighted by atomic mass is 9.95. The summed E-state index contributed by atoms with van der Waals surface area (Å²) in [7, 11) is 0. The second-order valence-corrected chi connectivity index (χ2v) is 6.38. The van der Waals surface area contributed by atoms with Gasteiger partial charge in [0.05, 0.1) is 17.6 Å². The van der Waals surface area contributed by atoms with Crippen LogP contribution in [0.15, 0.2) is 54.6 Å². The van der Waals surface area contributed by atoms with Gasteiger partial charge in [0.1, 0.15) is 0 Å². The highest BCUT2D eigenvalue weighted by Crippen LogP contribution is 2.27. The highest BCUT2D eigenvalue weighted by Gasteiger charge is 2.33. The smallest absolute Gasteiger partial charge is 0.228 e. The molecule has 3 aromatic rings. The van der Waals surface area contributed by atoms with E-state index in [1.807, 2.05) is 47.4 Å². The van der Waals surface area contributed by atoms with Crippen LogP contribution in [0.1, 0.15) is 17.2 Å². The molecule has 1 aromatic heterocycles. The van der Waals surface area contributed by atoms with Crippen molar-refractivity contribution in [2.45, 2.75) is 18.4 Å². The first-order valence-electron chi connectivity index (χ1n) is 8.22. The Morgan fingerprint density at radius 1 is 1.12 bits per heavy atom. The van der Waals surface area contributed by atoms with Crippen molar-refractivity contribution in [3.63, 3.8) is 0 Å². The van der Waals surface area contributed by atoms with Crippen LogP contribution >= 0.6 is 0 Å². The average molecular weight is 320 g/mol. The number of nitrogens with one attached hydrogen (secondary N) is 1. The molecular weight excluding hydrogens is 300 g/mol. The molecule has 2 heterocycles. The quantitative estimate of drug-likeness (QED) is 0.775. The molecule has 2 atom stereocenters. The molecular formula is C19H20N4O. The number of rotatable bonds is 3. The largest absolute Gasteiger partial charge is 0.340 e. The van der Waals surface area contributed by atoms with Gasteiger partial charge >= 0.3 is 0 Å². The predicted molar refractivity (Wildman–Crippen MR) is 93.5 cm³/mol. The maximum Gasteiger partial charge on any atom is 0.228 e. The Hall–Kier alpha value is -2.66. The van der Waals surface area contributed by atoms with Crippen LogP contribution in [0, 0.1) is 0 Å². The Morgan fingerprint density at radius 2 is 1.88 bits per heavy atom. The molecule has 3 N–H and O–H groups in total. The zero-order valence-corrected chi connectivity index (χ0v) is 13.4. The Balaban J connectivity index is 1.49. The van der Waals surface area contributed by atoms with E-state index < -0.39 is 0 Å². The molecule has 1 aliphatic heterocycles. The first-order valence-corrected chi connectivity index (χ1v) is 8.22. The van der Waals surface area contributed by atoms with Gasteiger partial charge < -0.3 is 10.6 Å². The van der Waals surface area contributed by atoms with Crippen molar-refractivity contribution in [1.29, 1.82) is 0 Å². The molecule has 2 aromatic carbocycles. The molecule has 4 rings (SSSR count). The molecule has 1 aliphatic rings. The maximum atomic E-state index is 12.7. The second-order valence-electron chi connectivity index (χ2n) is 6.38. The van der Waals surface area contributed by atoms with Crippen LogP contribution in [0.3, 0.4) is 0 Å². The molecule has 5 nitrogen and oxygen atoms in total.